The van der Waals surface area contributed by atoms with E-state index in [4.69, 9.17) is 9.97 Å². The monoisotopic (exact) mass is 472 g/mol. The summed E-state index contributed by atoms with van der Waals surface area (Å²) in [6.45, 7) is 21.7. The molecule has 0 aliphatic heterocycles. The van der Waals surface area contributed by atoms with Gasteiger partial charge in [0.05, 0.1) is 0 Å². The molecule has 0 saturated heterocycles. The Morgan fingerprint density at radius 3 is 2.20 bits per heavy atom. The molecule has 0 radical (unpaired) electrons. The molecule has 1 fully saturated rings. The van der Waals surface area contributed by atoms with Crippen molar-refractivity contribution in [3.63, 3.8) is 0 Å². The highest BCUT2D eigenvalue weighted by molar-refractivity contribution is 5.50. The van der Waals surface area contributed by atoms with Crippen LogP contribution in [0.3, 0.4) is 0 Å². The minimum Gasteiger partial charge on any atom is -0.257 e. The molecule has 3 aliphatic rings. The van der Waals surface area contributed by atoms with Crippen molar-refractivity contribution in [1.29, 1.82) is 0 Å². The van der Waals surface area contributed by atoms with E-state index in [-0.39, 0.29) is 10.8 Å². The topological polar surface area (TPSA) is 25.8 Å². The van der Waals surface area contributed by atoms with Gasteiger partial charge in [0.25, 0.3) is 0 Å². The summed E-state index contributed by atoms with van der Waals surface area (Å²) in [7, 11) is 0. The van der Waals surface area contributed by atoms with Gasteiger partial charge in [-0.05, 0) is 128 Å². The fourth-order valence-corrected chi connectivity index (χ4v) is 7.63. The Kier molecular flexibility index (Phi) is 6.21. The fourth-order valence-electron chi connectivity index (χ4n) is 7.63. The van der Waals surface area contributed by atoms with Gasteiger partial charge >= 0.3 is 0 Å². The summed E-state index contributed by atoms with van der Waals surface area (Å²) in [4.78, 5) is 10.6. The second-order valence-electron chi connectivity index (χ2n) is 13.9. The molecule has 35 heavy (non-hydrogen) atoms. The zero-order chi connectivity index (χ0) is 25.3. The van der Waals surface area contributed by atoms with Crippen LogP contribution in [0.1, 0.15) is 161 Å². The van der Waals surface area contributed by atoms with Crippen LogP contribution < -0.4 is 0 Å². The normalized spacial score (nSPS) is 20.8. The largest absolute Gasteiger partial charge is 0.257 e. The Bertz CT molecular complexity index is 1140. The van der Waals surface area contributed by atoms with Gasteiger partial charge in [-0.2, -0.15) is 0 Å². The molecule has 2 nitrogen and oxygen atoms in total. The first kappa shape index (κ1) is 25.0. The highest BCUT2D eigenvalue weighted by Crippen LogP contribution is 2.48. The second-order valence-corrected chi connectivity index (χ2v) is 13.9. The summed E-state index contributed by atoms with van der Waals surface area (Å²) in [5, 5.41) is 0. The van der Waals surface area contributed by atoms with Crippen LogP contribution >= 0.6 is 0 Å². The van der Waals surface area contributed by atoms with E-state index < -0.39 is 0 Å². The molecule has 2 atom stereocenters. The van der Waals surface area contributed by atoms with Gasteiger partial charge in [-0.1, -0.05) is 48.5 Å². The average molecular weight is 473 g/mol. The van der Waals surface area contributed by atoms with E-state index in [9.17, 15) is 0 Å². The van der Waals surface area contributed by atoms with Crippen molar-refractivity contribution >= 4 is 0 Å². The van der Waals surface area contributed by atoms with Crippen LogP contribution in [-0.2, 0) is 30.1 Å². The zero-order valence-electron chi connectivity index (χ0n) is 24.0. The van der Waals surface area contributed by atoms with Crippen molar-refractivity contribution in [3.05, 3.63) is 56.2 Å². The number of aryl methyl sites for hydroxylation is 1. The molecular formula is C33H48N2. The molecule has 0 aromatic carbocycles. The molecule has 0 N–H and O–H groups in total. The molecule has 3 aliphatic carbocycles. The Hall–Kier alpha value is -1.70. The summed E-state index contributed by atoms with van der Waals surface area (Å²) in [6, 6.07) is 0. The Morgan fingerprint density at radius 2 is 1.54 bits per heavy atom. The lowest BCUT2D eigenvalue weighted by Gasteiger charge is -2.33. The SMILES string of the molecule is Cc1c(C(C)CCC(C)(C)c2c(C)c(C3CC3)nc3c2CCC3C)nc2c(c1C(C)(C)C)CCC2. The molecule has 0 spiro atoms. The number of pyridine rings is 2. The van der Waals surface area contributed by atoms with Crippen LogP contribution in [0.5, 0.6) is 0 Å². The van der Waals surface area contributed by atoms with Crippen LogP contribution in [0.15, 0.2) is 0 Å². The fraction of sp³-hybridized carbons (Fsp3) is 0.697. The summed E-state index contributed by atoms with van der Waals surface area (Å²) in [6.07, 6.45) is 11.2. The van der Waals surface area contributed by atoms with Crippen molar-refractivity contribution in [1.82, 2.24) is 9.97 Å². The van der Waals surface area contributed by atoms with Gasteiger partial charge in [0.1, 0.15) is 0 Å². The van der Waals surface area contributed by atoms with Crippen molar-refractivity contribution in [3.8, 4) is 0 Å². The molecule has 0 bridgehead atoms. The number of rotatable bonds is 6. The van der Waals surface area contributed by atoms with Crippen molar-refractivity contribution < 1.29 is 0 Å². The van der Waals surface area contributed by atoms with E-state index in [0.717, 1.165) is 12.3 Å². The van der Waals surface area contributed by atoms with E-state index in [1.807, 2.05) is 0 Å². The van der Waals surface area contributed by atoms with Crippen LogP contribution in [-0.4, -0.2) is 9.97 Å². The van der Waals surface area contributed by atoms with Gasteiger partial charge in [-0.15, -0.1) is 0 Å². The maximum Gasteiger partial charge on any atom is 0.0470 e. The van der Waals surface area contributed by atoms with Crippen molar-refractivity contribution in [2.24, 2.45) is 0 Å². The highest BCUT2D eigenvalue weighted by atomic mass is 14.8. The van der Waals surface area contributed by atoms with Gasteiger partial charge in [-0.3, -0.25) is 9.97 Å². The molecule has 2 aromatic rings. The molecule has 2 aromatic heterocycles. The third-order valence-corrected chi connectivity index (χ3v) is 9.47. The third-order valence-electron chi connectivity index (χ3n) is 9.47. The van der Waals surface area contributed by atoms with Gasteiger partial charge in [0.2, 0.25) is 0 Å². The molecule has 0 amide bonds. The lowest BCUT2D eigenvalue weighted by Crippen LogP contribution is -2.24. The number of aromatic nitrogens is 2. The quantitative estimate of drug-likeness (QED) is 0.420. The molecule has 2 unspecified atom stereocenters. The summed E-state index contributed by atoms with van der Waals surface area (Å²) < 4.78 is 0. The van der Waals surface area contributed by atoms with E-state index >= 15 is 0 Å². The Balaban J connectivity index is 1.46. The van der Waals surface area contributed by atoms with Gasteiger partial charge < -0.3 is 0 Å². The van der Waals surface area contributed by atoms with E-state index in [0.29, 0.717) is 11.8 Å². The lowest BCUT2D eigenvalue weighted by molar-refractivity contribution is 0.430. The number of fused-ring (bicyclic) bond motifs is 2. The standard InChI is InChI=1S/C33H48N2/c1-19-13-16-25-28(22(4)31(23-14-15-23)35-30(19)25)33(8,9)18-17-20(2)29-21(3)27(32(5,6)7)24-11-10-12-26(24)34-29/h19-20,23H,10-18H2,1-9H3. The Morgan fingerprint density at radius 1 is 0.829 bits per heavy atom. The van der Waals surface area contributed by atoms with Gasteiger partial charge in [0, 0.05) is 28.7 Å². The van der Waals surface area contributed by atoms with Crippen LogP contribution in [0.2, 0.25) is 0 Å². The predicted molar refractivity (Wildman–Crippen MR) is 148 cm³/mol. The molecule has 2 heterocycles. The molecule has 1 saturated carbocycles. The maximum atomic E-state index is 5.32. The second kappa shape index (κ2) is 8.70. The minimum atomic E-state index is 0.163. The molecule has 5 rings (SSSR count). The van der Waals surface area contributed by atoms with Gasteiger partial charge in [0.15, 0.2) is 0 Å². The minimum absolute atomic E-state index is 0.163. The summed E-state index contributed by atoms with van der Waals surface area (Å²) in [5.41, 5.74) is 15.4. The van der Waals surface area contributed by atoms with Gasteiger partial charge in [-0.25, -0.2) is 0 Å². The average Bonchev–Trinajstić information content (AvgIpc) is 3.40. The van der Waals surface area contributed by atoms with Crippen LogP contribution in [0.4, 0.5) is 0 Å². The summed E-state index contributed by atoms with van der Waals surface area (Å²) >= 11 is 0. The first-order chi connectivity index (χ1) is 16.4. The number of nitrogens with zero attached hydrogens (tertiary/aromatic N) is 2. The first-order valence-corrected chi connectivity index (χ1v) is 14.5. The van der Waals surface area contributed by atoms with Crippen LogP contribution in [0.25, 0.3) is 0 Å². The van der Waals surface area contributed by atoms with Crippen molar-refractivity contribution in [2.45, 2.75) is 149 Å². The van der Waals surface area contributed by atoms with E-state index in [1.54, 1.807) is 22.3 Å². The van der Waals surface area contributed by atoms with Crippen LogP contribution in [0, 0.1) is 13.8 Å². The molecule has 2 heteroatoms. The Labute approximate surface area is 214 Å². The molecular weight excluding hydrogens is 424 g/mol. The predicted octanol–water partition coefficient (Wildman–Crippen LogP) is 8.67. The lowest BCUT2D eigenvalue weighted by atomic mass is 9.73. The number of hydrogen-bond acceptors (Lipinski definition) is 2. The third kappa shape index (κ3) is 4.38. The van der Waals surface area contributed by atoms with Crippen molar-refractivity contribution in [2.75, 3.05) is 0 Å². The highest BCUT2D eigenvalue weighted by Gasteiger charge is 2.37. The number of hydrogen-bond donors (Lipinski definition) is 0. The smallest absolute Gasteiger partial charge is 0.0470 e. The van der Waals surface area contributed by atoms with E-state index in [2.05, 4.69) is 62.3 Å². The zero-order valence-corrected chi connectivity index (χ0v) is 24.0. The maximum absolute atomic E-state index is 5.32. The molecule has 190 valence electrons. The first-order valence-electron chi connectivity index (χ1n) is 14.5. The summed E-state index contributed by atoms with van der Waals surface area (Å²) in [5.74, 6) is 1.82. The van der Waals surface area contributed by atoms with E-state index in [1.165, 1.54) is 85.3 Å².